The molecule has 0 bridgehead atoms. The molecule has 0 aromatic heterocycles. The molecule has 1 fully saturated rings. The Kier molecular flexibility index (Phi) is 6.91. The zero-order valence-electron chi connectivity index (χ0n) is 26.6. The van der Waals surface area contributed by atoms with Crippen molar-refractivity contribution in [2.75, 3.05) is 38.3 Å². The lowest BCUT2D eigenvalue weighted by molar-refractivity contribution is 0.122. The van der Waals surface area contributed by atoms with Crippen molar-refractivity contribution in [2.24, 2.45) is 0 Å². The molecule has 0 radical (unpaired) electrons. The van der Waals surface area contributed by atoms with Gasteiger partial charge in [-0.15, -0.1) is 0 Å². The number of hydrogen-bond donors (Lipinski definition) is 0. The summed E-state index contributed by atoms with van der Waals surface area (Å²) >= 11 is 0. The van der Waals surface area contributed by atoms with Crippen LogP contribution in [0.2, 0.25) is 0 Å². The van der Waals surface area contributed by atoms with Gasteiger partial charge in [-0.3, -0.25) is 0 Å². The van der Waals surface area contributed by atoms with Crippen LogP contribution in [-0.4, -0.2) is 33.4 Å². The molecule has 46 heavy (non-hydrogen) atoms. The van der Waals surface area contributed by atoms with Gasteiger partial charge in [-0.05, 0) is 89.0 Å². The molecular weight excluding hydrogens is 573 g/mol. The Labute approximate surface area is 270 Å². The fourth-order valence-electron chi connectivity index (χ4n) is 8.18. The summed E-state index contributed by atoms with van der Waals surface area (Å²) in [6.07, 6.45) is 6.39. The van der Waals surface area contributed by atoms with E-state index in [9.17, 15) is 4.39 Å². The van der Waals surface area contributed by atoms with E-state index < -0.39 is 5.60 Å². The molecule has 232 valence electrons. The second-order valence-corrected chi connectivity index (χ2v) is 12.6. The molecule has 1 atom stereocenters. The van der Waals surface area contributed by atoms with Gasteiger partial charge >= 0.3 is 0 Å². The summed E-state index contributed by atoms with van der Waals surface area (Å²) in [7, 11) is 1.70. The van der Waals surface area contributed by atoms with Crippen molar-refractivity contribution in [3.05, 3.63) is 131 Å². The van der Waals surface area contributed by atoms with Gasteiger partial charge in [-0.25, -0.2) is 4.39 Å². The molecule has 2 aliphatic heterocycles. The summed E-state index contributed by atoms with van der Waals surface area (Å²) in [4.78, 5) is 2.35. The van der Waals surface area contributed by atoms with Crippen molar-refractivity contribution in [1.82, 2.24) is 0 Å². The van der Waals surface area contributed by atoms with Crippen molar-refractivity contribution in [2.45, 2.75) is 37.7 Å². The number of nitrogens with zero attached hydrogens (tertiary/aromatic N) is 1. The Hall–Kier alpha value is -4.61. The molecule has 5 aromatic rings. The van der Waals surface area contributed by atoms with Gasteiger partial charge in [-0.1, -0.05) is 68.5 Å². The fourth-order valence-corrected chi connectivity index (χ4v) is 8.18. The number of rotatable bonds is 6. The monoisotopic (exact) mass is 611 g/mol. The molecule has 0 saturated carbocycles. The van der Waals surface area contributed by atoms with Crippen molar-refractivity contribution >= 4 is 22.5 Å². The summed E-state index contributed by atoms with van der Waals surface area (Å²) in [6, 6.07) is 30.6. The molecule has 4 nitrogen and oxygen atoms in total. The SMILES string of the molecule is CCC1(CC)c2ccccc2-c2c1c1c(c3cc(OC)ccc23)OC(c2ccc(F)cc2)(c2ccc(N3CCOCC3)cc2)C=C1. The summed E-state index contributed by atoms with van der Waals surface area (Å²) < 4.78 is 33.1. The highest BCUT2D eigenvalue weighted by Gasteiger charge is 2.46. The Morgan fingerprint density at radius 2 is 1.52 bits per heavy atom. The molecule has 0 spiro atoms. The number of ether oxygens (including phenoxy) is 3. The predicted molar refractivity (Wildman–Crippen MR) is 184 cm³/mol. The van der Waals surface area contributed by atoms with Gasteiger partial charge in [0.25, 0.3) is 0 Å². The second kappa shape index (κ2) is 11.0. The molecule has 0 amide bonds. The first kappa shape index (κ1) is 28.8. The fraction of sp³-hybridized carbons (Fsp3) is 0.268. The summed E-state index contributed by atoms with van der Waals surface area (Å²) in [5.74, 6) is 1.33. The number of hydrogen-bond acceptors (Lipinski definition) is 4. The van der Waals surface area contributed by atoms with E-state index in [0.29, 0.717) is 0 Å². The smallest absolute Gasteiger partial charge is 0.178 e. The van der Waals surface area contributed by atoms with Gasteiger partial charge in [0.15, 0.2) is 5.60 Å². The first-order valence-corrected chi connectivity index (χ1v) is 16.4. The summed E-state index contributed by atoms with van der Waals surface area (Å²) in [5, 5.41) is 2.16. The Bertz CT molecular complexity index is 1970. The number of halogens is 1. The molecule has 1 unspecified atom stereocenters. The van der Waals surface area contributed by atoms with Crippen LogP contribution < -0.4 is 14.4 Å². The topological polar surface area (TPSA) is 30.9 Å². The van der Waals surface area contributed by atoms with Gasteiger partial charge < -0.3 is 19.1 Å². The van der Waals surface area contributed by atoms with Crippen LogP contribution in [0, 0.1) is 5.82 Å². The third-order valence-corrected chi connectivity index (χ3v) is 10.6. The Morgan fingerprint density at radius 1 is 0.826 bits per heavy atom. The van der Waals surface area contributed by atoms with E-state index in [1.165, 1.54) is 34.4 Å². The minimum absolute atomic E-state index is 0.145. The second-order valence-electron chi connectivity index (χ2n) is 12.6. The van der Waals surface area contributed by atoms with E-state index >= 15 is 0 Å². The average Bonchev–Trinajstić information content (AvgIpc) is 3.43. The number of fused-ring (bicyclic) bond motifs is 8. The molecule has 5 heteroatoms. The maximum atomic E-state index is 14.3. The van der Waals surface area contributed by atoms with Crippen molar-refractivity contribution < 1.29 is 18.6 Å². The first-order valence-electron chi connectivity index (χ1n) is 16.4. The highest BCUT2D eigenvalue weighted by molar-refractivity contribution is 6.09. The number of anilines is 1. The lowest BCUT2D eigenvalue weighted by Gasteiger charge is -2.39. The van der Waals surface area contributed by atoms with Crippen LogP contribution in [0.15, 0.2) is 97.1 Å². The van der Waals surface area contributed by atoms with Crippen LogP contribution in [-0.2, 0) is 15.8 Å². The predicted octanol–water partition coefficient (Wildman–Crippen LogP) is 9.26. The molecule has 1 saturated heterocycles. The average molecular weight is 612 g/mol. The summed E-state index contributed by atoms with van der Waals surface area (Å²) in [5.41, 5.74) is 8.29. The highest BCUT2D eigenvalue weighted by atomic mass is 19.1. The first-order chi connectivity index (χ1) is 22.5. The maximum absolute atomic E-state index is 14.3. The van der Waals surface area contributed by atoms with Gasteiger partial charge in [0.05, 0.1) is 20.3 Å². The van der Waals surface area contributed by atoms with Gasteiger partial charge in [0.2, 0.25) is 0 Å². The van der Waals surface area contributed by atoms with Gasteiger partial charge in [0.1, 0.15) is 17.3 Å². The van der Waals surface area contributed by atoms with Crippen LogP contribution in [0.1, 0.15) is 54.5 Å². The van der Waals surface area contributed by atoms with Crippen LogP contribution in [0.25, 0.3) is 28.0 Å². The molecular formula is C41H38FNO3. The minimum Gasteiger partial charge on any atom is -0.497 e. The van der Waals surface area contributed by atoms with Gasteiger partial charge in [-0.2, -0.15) is 0 Å². The van der Waals surface area contributed by atoms with Crippen LogP contribution in [0.3, 0.4) is 0 Å². The largest absolute Gasteiger partial charge is 0.497 e. The number of morpholine rings is 1. The molecule has 2 heterocycles. The zero-order valence-corrected chi connectivity index (χ0v) is 26.6. The van der Waals surface area contributed by atoms with E-state index in [1.54, 1.807) is 7.11 Å². The van der Waals surface area contributed by atoms with Crippen LogP contribution >= 0.6 is 0 Å². The lowest BCUT2D eigenvalue weighted by atomic mass is 9.71. The van der Waals surface area contributed by atoms with Crippen LogP contribution in [0.5, 0.6) is 11.5 Å². The molecule has 5 aromatic carbocycles. The third kappa shape index (κ3) is 4.14. The van der Waals surface area contributed by atoms with Crippen LogP contribution in [0.4, 0.5) is 10.1 Å². The van der Waals surface area contributed by atoms with Crippen molar-refractivity contribution in [1.29, 1.82) is 0 Å². The third-order valence-electron chi connectivity index (χ3n) is 10.6. The van der Waals surface area contributed by atoms with E-state index in [1.807, 2.05) is 18.2 Å². The van der Waals surface area contributed by atoms with Crippen molar-refractivity contribution in [3.63, 3.8) is 0 Å². The molecule has 0 N–H and O–H groups in total. The molecule has 1 aliphatic carbocycles. The standard InChI is InChI=1S/C41H38FNO3/c1-4-40(5-2)36-9-7-6-8-33(36)37-32-19-18-31(44-3)26-35(32)39-34(38(37)40)20-21-41(46-39,27-10-14-29(42)15-11-27)28-12-16-30(17-13-28)43-22-24-45-25-23-43/h6-21,26H,4-5,22-25H2,1-3H3. The normalized spacial score (nSPS) is 19.3. The van der Waals surface area contributed by atoms with E-state index in [2.05, 4.69) is 91.6 Å². The van der Waals surface area contributed by atoms with Crippen molar-refractivity contribution in [3.8, 4) is 22.6 Å². The minimum atomic E-state index is -0.971. The lowest BCUT2D eigenvalue weighted by Crippen LogP contribution is -2.37. The Morgan fingerprint density at radius 3 is 2.22 bits per heavy atom. The highest BCUT2D eigenvalue weighted by Crippen LogP contribution is 2.60. The quantitative estimate of drug-likeness (QED) is 0.192. The molecule has 3 aliphatic rings. The number of methoxy groups -OCH3 is 1. The summed E-state index contributed by atoms with van der Waals surface area (Å²) in [6.45, 7) is 7.78. The zero-order chi connectivity index (χ0) is 31.5. The van der Waals surface area contributed by atoms with E-state index in [4.69, 9.17) is 14.2 Å². The maximum Gasteiger partial charge on any atom is 0.178 e. The Balaban J connectivity index is 1.39. The van der Waals surface area contributed by atoms with Gasteiger partial charge in [0, 0.05) is 46.3 Å². The van der Waals surface area contributed by atoms with E-state index in [0.717, 1.165) is 83.8 Å². The molecule has 8 rings (SSSR count). The number of benzene rings is 5. The van der Waals surface area contributed by atoms with E-state index in [-0.39, 0.29) is 11.2 Å².